The molecule has 0 atom stereocenters. The van der Waals surface area contributed by atoms with E-state index in [2.05, 4.69) is 10.5 Å². The minimum absolute atomic E-state index is 0.0595. The second-order valence-electron chi connectivity index (χ2n) is 8.84. The van der Waals surface area contributed by atoms with Gasteiger partial charge in [-0.1, -0.05) is 53.0 Å². The number of anilines is 1. The van der Waals surface area contributed by atoms with Crippen molar-refractivity contribution in [2.45, 2.75) is 25.7 Å². The molecule has 0 aliphatic rings. The summed E-state index contributed by atoms with van der Waals surface area (Å²) in [6.07, 6.45) is 1.51. The highest BCUT2D eigenvalue weighted by Crippen LogP contribution is 2.29. The van der Waals surface area contributed by atoms with Gasteiger partial charge >= 0.3 is 0 Å². The van der Waals surface area contributed by atoms with Crippen LogP contribution in [0.5, 0.6) is 0 Å². The van der Waals surface area contributed by atoms with E-state index in [1.54, 1.807) is 61.5 Å². The third kappa shape index (κ3) is 6.47. The van der Waals surface area contributed by atoms with Gasteiger partial charge in [0.05, 0.1) is 16.8 Å². The molecule has 1 heterocycles. The summed E-state index contributed by atoms with van der Waals surface area (Å²) >= 11 is 18.4. The Kier molecular flexibility index (Phi) is 8.71. The molecule has 0 unspecified atom stereocenters. The lowest BCUT2D eigenvalue weighted by Crippen LogP contribution is -2.40. The van der Waals surface area contributed by atoms with Crippen LogP contribution < -0.4 is 9.73 Å². The summed E-state index contributed by atoms with van der Waals surface area (Å²) in [7, 11) is -4.06. The Balaban J connectivity index is 1.58. The summed E-state index contributed by atoms with van der Waals surface area (Å²) in [4.78, 5) is 13.0. The van der Waals surface area contributed by atoms with E-state index in [0.29, 0.717) is 26.3 Å². The molecular formula is C28H25Cl3N4O3S. The third-order valence-electron chi connectivity index (χ3n) is 6.01. The fourth-order valence-electron chi connectivity index (χ4n) is 4.24. The molecule has 202 valence electrons. The predicted octanol–water partition coefficient (Wildman–Crippen LogP) is 6.71. The number of carbonyl (C=O) groups is 1. The number of nitrogens with zero attached hydrogens (tertiary/aromatic N) is 3. The lowest BCUT2D eigenvalue weighted by molar-refractivity contribution is -0.119. The molecule has 0 aliphatic heterocycles. The highest BCUT2D eigenvalue weighted by atomic mass is 35.5. The molecule has 7 nitrogen and oxygen atoms in total. The quantitative estimate of drug-likeness (QED) is 0.180. The Hall–Kier alpha value is -3.30. The summed E-state index contributed by atoms with van der Waals surface area (Å²) in [6, 6.07) is 19.9. The van der Waals surface area contributed by atoms with Gasteiger partial charge in [-0.3, -0.25) is 9.10 Å². The fraction of sp³-hybridized carbons (Fsp3) is 0.143. The number of hydrazone groups is 1. The van der Waals surface area contributed by atoms with Crippen LogP contribution in [0.25, 0.3) is 5.69 Å². The maximum absolute atomic E-state index is 13.5. The number of hydrogen-bond donors (Lipinski definition) is 1. The summed E-state index contributed by atoms with van der Waals surface area (Å²) < 4.78 is 30.1. The summed E-state index contributed by atoms with van der Waals surface area (Å²) in [5.41, 5.74) is 6.71. The van der Waals surface area contributed by atoms with Gasteiger partial charge in [0.1, 0.15) is 6.54 Å². The molecule has 11 heteroatoms. The molecule has 0 saturated heterocycles. The number of amides is 1. The SMILES string of the molecule is Cc1cc(Cl)ccc1N(CC(=O)N/N=C\c1cc(C)n(-c2cc(Cl)cc(Cl)c2)c1C)S(=O)(=O)c1ccccc1. The summed E-state index contributed by atoms with van der Waals surface area (Å²) in [5.74, 6) is -0.615. The molecule has 0 saturated carbocycles. The number of aromatic nitrogens is 1. The number of rotatable bonds is 8. The molecule has 1 amide bonds. The molecule has 4 rings (SSSR count). The average molecular weight is 604 g/mol. The first-order chi connectivity index (χ1) is 18.5. The van der Waals surface area contributed by atoms with E-state index in [4.69, 9.17) is 34.8 Å². The topological polar surface area (TPSA) is 83.8 Å². The minimum atomic E-state index is -4.06. The van der Waals surface area contributed by atoms with E-state index in [1.165, 1.54) is 18.3 Å². The van der Waals surface area contributed by atoms with Crippen molar-refractivity contribution in [1.29, 1.82) is 0 Å². The number of carbonyl (C=O) groups excluding carboxylic acids is 1. The summed E-state index contributed by atoms with van der Waals surface area (Å²) in [6.45, 7) is 5.08. The van der Waals surface area contributed by atoms with Crippen molar-refractivity contribution in [2.24, 2.45) is 5.10 Å². The van der Waals surface area contributed by atoms with Gasteiger partial charge in [-0.2, -0.15) is 5.10 Å². The Labute approximate surface area is 242 Å². The molecular weight excluding hydrogens is 579 g/mol. The lowest BCUT2D eigenvalue weighted by atomic mass is 10.2. The van der Waals surface area contributed by atoms with Crippen molar-refractivity contribution in [2.75, 3.05) is 10.8 Å². The van der Waals surface area contributed by atoms with Crippen LogP contribution in [0.2, 0.25) is 15.1 Å². The van der Waals surface area contributed by atoms with E-state index in [1.807, 2.05) is 24.5 Å². The molecule has 3 aromatic carbocycles. The van der Waals surface area contributed by atoms with Crippen LogP contribution >= 0.6 is 34.8 Å². The maximum Gasteiger partial charge on any atom is 0.264 e. The second kappa shape index (κ2) is 11.8. The molecule has 0 spiro atoms. The van der Waals surface area contributed by atoms with Gasteiger partial charge in [0.25, 0.3) is 15.9 Å². The maximum atomic E-state index is 13.5. The Morgan fingerprint density at radius 3 is 2.23 bits per heavy atom. The highest BCUT2D eigenvalue weighted by Gasteiger charge is 2.28. The second-order valence-corrected chi connectivity index (χ2v) is 12.0. The van der Waals surface area contributed by atoms with E-state index in [0.717, 1.165) is 26.9 Å². The smallest absolute Gasteiger partial charge is 0.264 e. The zero-order chi connectivity index (χ0) is 28.3. The number of benzene rings is 3. The highest BCUT2D eigenvalue weighted by molar-refractivity contribution is 7.92. The Bertz CT molecular complexity index is 1650. The van der Waals surface area contributed by atoms with E-state index >= 15 is 0 Å². The Morgan fingerprint density at radius 1 is 0.923 bits per heavy atom. The van der Waals surface area contributed by atoms with Gasteiger partial charge in [0.15, 0.2) is 0 Å². The molecule has 4 aromatic rings. The number of aryl methyl sites for hydroxylation is 2. The monoisotopic (exact) mass is 602 g/mol. The van der Waals surface area contributed by atoms with Crippen molar-refractivity contribution >= 4 is 62.6 Å². The fourth-order valence-corrected chi connectivity index (χ4v) is 6.49. The van der Waals surface area contributed by atoms with Crippen molar-refractivity contribution in [3.63, 3.8) is 0 Å². The predicted molar refractivity (Wildman–Crippen MR) is 158 cm³/mol. The number of sulfonamides is 1. The van der Waals surface area contributed by atoms with Gasteiger partial charge in [0.2, 0.25) is 0 Å². The number of halogens is 3. The van der Waals surface area contributed by atoms with Gasteiger partial charge in [-0.05, 0) is 80.9 Å². The van der Waals surface area contributed by atoms with Crippen LogP contribution in [-0.4, -0.2) is 31.7 Å². The minimum Gasteiger partial charge on any atom is -0.318 e. The zero-order valence-electron chi connectivity index (χ0n) is 21.3. The third-order valence-corrected chi connectivity index (χ3v) is 8.46. The van der Waals surface area contributed by atoms with Crippen molar-refractivity contribution in [3.8, 4) is 5.69 Å². The lowest BCUT2D eigenvalue weighted by Gasteiger charge is -2.25. The number of nitrogens with one attached hydrogen (secondary N) is 1. The molecule has 0 fully saturated rings. The molecule has 1 aromatic heterocycles. The van der Waals surface area contributed by atoms with Crippen LogP contribution in [0.4, 0.5) is 5.69 Å². The van der Waals surface area contributed by atoms with Crippen LogP contribution in [0.3, 0.4) is 0 Å². The van der Waals surface area contributed by atoms with E-state index < -0.39 is 22.5 Å². The van der Waals surface area contributed by atoms with E-state index in [-0.39, 0.29) is 4.90 Å². The standard InChI is InChI=1S/C28H25Cl3N4O3S/c1-18-11-22(29)9-10-27(18)34(39(37,38)26-7-5-4-6-8-26)17-28(36)33-32-16-21-12-19(2)35(20(21)3)25-14-23(30)13-24(31)15-25/h4-16H,17H2,1-3H3,(H,33,36)/b32-16-. The van der Waals surface area contributed by atoms with Crippen molar-refractivity contribution in [3.05, 3.63) is 110 Å². The van der Waals surface area contributed by atoms with Gasteiger partial charge < -0.3 is 4.57 Å². The van der Waals surface area contributed by atoms with Gasteiger partial charge in [-0.25, -0.2) is 13.8 Å². The summed E-state index contributed by atoms with van der Waals surface area (Å²) in [5, 5.41) is 5.57. The van der Waals surface area contributed by atoms with E-state index in [9.17, 15) is 13.2 Å². The Morgan fingerprint density at radius 2 is 1.59 bits per heavy atom. The molecule has 1 N–H and O–H groups in total. The number of hydrogen-bond acceptors (Lipinski definition) is 4. The van der Waals surface area contributed by atoms with Crippen LogP contribution in [-0.2, 0) is 14.8 Å². The average Bonchev–Trinajstić information content (AvgIpc) is 3.15. The van der Waals surface area contributed by atoms with Crippen LogP contribution in [0, 0.1) is 20.8 Å². The van der Waals surface area contributed by atoms with Gasteiger partial charge in [0, 0.05) is 37.7 Å². The molecule has 0 aliphatic carbocycles. The van der Waals surface area contributed by atoms with Crippen molar-refractivity contribution < 1.29 is 13.2 Å². The molecule has 0 radical (unpaired) electrons. The van der Waals surface area contributed by atoms with Crippen molar-refractivity contribution in [1.82, 2.24) is 9.99 Å². The van der Waals surface area contributed by atoms with Crippen LogP contribution in [0.15, 0.2) is 82.8 Å². The van der Waals surface area contributed by atoms with Gasteiger partial charge in [-0.15, -0.1) is 0 Å². The first-order valence-corrected chi connectivity index (χ1v) is 14.4. The zero-order valence-corrected chi connectivity index (χ0v) is 24.4. The molecule has 0 bridgehead atoms. The largest absolute Gasteiger partial charge is 0.318 e. The first kappa shape index (κ1) is 28.7. The van der Waals surface area contributed by atoms with Crippen LogP contribution in [0.1, 0.15) is 22.5 Å². The molecule has 39 heavy (non-hydrogen) atoms. The first-order valence-electron chi connectivity index (χ1n) is 11.8. The normalized spacial score (nSPS) is 11.6.